The molecule has 15 heavy (non-hydrogen) atoms. The van der Waals surface area contributed by atoms with Gasteiger partial charge < -0.3 is 11.1 Å². The van der Waals surface area contributed by atoms with Gasteiger partial charge in [0.1, 0.15) is 6.33 Å². The first-order valence-electron chi connectivity index (χ1n) is 4.74. The SMILES string of the molecule is Cc1ncncc1NC(=O)CC(C)(C)N. The molecule has 1 aromatic heterocycles. The highest BCUT2D eigenvalue weighted by Crippen LogP contribution is 2.11. The van der Waals surface area contributed by atoms with Gasteiger partial charge in [-0.2, -0.15) is 0 Å². The van der Waals surface area contributed by atoms with E-state index in [-0.39, 0.29) is 12.3 Å². The largest absolute Gasteiger partial charge is 0.325 e. The molecule has 5 heteroatoms. The number of hydrogen-bond acceptors (Lipinski definition) is 4. The molecular weight excluding hydrogens is 192 g/mol. The van der Waals surface area contributed by atoms with Crippen LogP contribution in [0.1, 0.15) is 26.0 Å². The molecule has 1 heterocycles. The maximum absolute atomic E-state index is 11.5. The molecule has 5 nitrogen and oxygen atoms in total. The molecule has 0 aliphatic heterocycles. The molecule has 0 saturated heterocycles. The molecule has 82 valence electrons. The summed E-state index contributed by atoms with van der Waals surface area (Å²) >= 11 is 0. The Labute approximate surface area is 89.1 Å². The minimum Gasteiger partial charge on any atom is -0.325 e. The second-order valence-corrected chi connectivity index (χ2v) is 4.24. The van der Waals surface area contributed by atoms with Crippen molar-refractivity contribution in [1.82, 2.24) is 9.97 Å². The highest BCUT2D eigenvalue weighted by atomic mass is 16.1. The average molecular weight is 208 g/mol. The number of nitrogens with zero attached hydrogens (tertiary/aromatic N) is 2. The quantitative estimate of drug-likeness (QED) is 0.771. The van der Waals surface area contributed by atoms with Crippen LogP contribution in [0.5, 0.6) is 0 Å². The zero-order chi connectivity index (χ0) is 11.5. The van der Waals surface area contributed by atoms with Gasteiger partial charge in [0.05, 0.1) is 17.6 Å². The van der Waals surface area contributed by atoms with E-state index >= 15 is 0 Å². The predicted molar refractivity (Wildman–Crippen MR) is 58.3 cm³/mol. The summed E-state index contributed by atoms with van der Waals surface area (Å²) < 4.78 is 0. The summed E-state index contributed by atoms with van der Waals surface area (Å²) in [6, 6.07) is 0. The molecule has 0 radical (unpaired) electrons. The number of aromatic nitrogens is 2. The number of anilines is 1. The molecule has 1 rings (SSSR count). The van der Waals surface area contributed by atoms with Crippen LogP contribution >= 0.6 is 0 Å². The summed E-state index contributed by atoms with van der Waals surface area (Å²) in [5.74, 6) is -0.125. The Morgan fingerprint density at radius 2 is 2.27 bits per heavy atom. The highest BCUT2D eigenvalue weighted by molar-refractivity contribution is 5.91. The molecule has 0 atom stereocenters. The fraction of sp³-hybridized carbons (Fsp3) is 0.500. The molecule has 1 aromatic rings. The zero-order valence-corrected chi connectivity index (χ0v) is 9.24. The molecule has 0 saturated carbocycles. The van der Waals surface area contributed by atoms with E-state index in [2.05, 4.69) is 15.3 Å². The normalized spacial score (nSPS) is 11.2. The van der Waals surface area contributed by atoms with Crippen molar-refractivity contribution in [1.29, 1.82) is 0 Å². The highest BCUT2D eigenvalue weighted by Gasteiger charge is 2.16. The Hall–Kier alpha value is -1.49. The summed E-state index contributed by atoms with van der Waals surface area (Å²) in [6.45, 7) is 5.42. The predicted octanol–water partition coefficient (Wildman–Crippen LogP) is 0.851. The molecule has 1 amide bonds. The molecule has 0 aliphatic rings. The van der Waals surface area contributed by atoms with Crippen LogP contribution in [0.15, 0.2) is 12.5 Å². The number of hydrogen-bond donors (Lipinski definition) is 2. The van der Waals surface area contributed by atoms with Gasteiger partial charge in [-0.3, -0.25) is 4.79 Å². The van der Waals surface area contributed by atoms with Gasteiger partial charge in [0.15, 0.2) is 0 Å². The Bertz CT molecular complexity index is 357. The summed E-state index contributed by atoms with van der Waals surface area (Å²) in [5.41, 5.74) is 6.60. The molecular formula is C10H16N4O. The van der Waals surface area contributed by atoms with E-state index in [1.165, 1.54) is 6.33 Å². The number of carbonyl (C=O) groups excluding carboxylic acids is 1. The maximum Gasteiger partial charge on any atom is 0.226 e. The van der Waals surface area contributed by atoms with E-state index in [0.717, 1.165) is 5.69 Å². The third kappa shape index (κ3) is 4.03. The lowest BCUT2D eigenvalue weighted by Gasteiger charge is -2.17. The summed E-state index contributed by atoms with van der Waals surface area (Å²) in [6.07, 6.45) is 3.28. The van der Waals surface area contributed by atoms with E-state index in [1.54, 1.807) is 20.0 Å². The van der Waals surface area contributed by atoms with Crippen LogP contribution in [-0.2, 0) is 4.79 Å². The van der Waals surface area contributed by atoms with Crippen LogP contribution in [0.25, 0.3) is 0 Å². The molecule has 0 aliphatic carbocycles. The summed E-state index contributed by atoms with van der Waals surface area (Å²) in [5, 5.41) is 2.72. The molecule has 0 fully saturated rings. The van der Waals surface area contributed by atoms with E-state index < -0.39 is 5.54 Å². The number of rotatable bonds is 3. The lowest BCUT2D eigenvalue weighted by Crippen LogP contribution is -2.36. The Morgan fingerprint density at radius 3 is 2.80 bits per heavy atom. The zero-order valence-electron chi connectivity index (χ0n) is 9.24. The first-order chi connectivity index (χ1) is 6.88. The monoisotopic (exact) mass is 208 g/mol. The van der Waals surface area contributed by atoms with Crippen molar-refractivity contribution in [3.05, 3.63) is 18.2 Å². The van der Waals surface area contributed by atoms with Crippen molar-refractivity contribution in [2.45, 2.75) is 32.7 Å². The summed E-state index contributed by atoms with van der Waals surface area (Å²) in [4.78, 5) is 19.3. The van der Waals surface area contributed by atoms with Crippen molar-refractivity contribution < 1.29 is 4.79 Å². The van der Waals surface area contributed by atoms with Gasteiger partial charge >= 0.3 is 0 Å². The number of nitrogens with one attached hydrogen (secondary N) is 1. The van der Waals surface area contributed by atoms with Gasteiger partial charge in [0.25, 0.3) is 0 Å². The van der Waals surface area contributed by atoms with E-state index in [9.17, 15) is 4.79 Å². The Kier molecular flexibility index (Phi) is 3.36. The second-order valence-electron chi connectivity index (χ2n) is 4.24. The van der Waals surface area contributed by atoms with Gasteiger partial charge in [-0.1, -0.05) is 0 Å². The molecule has 0 aromatic carbocycles. The minimum absolute atomic E-state index is 0.125. The van der Waals surface area contributed by atoms with Gasteiger partial charge in [-0.15, -0.1) is 0 Å². The van der Waals surface area contributed by atoms with Crippen molar-refractivity contribution in [2.75, 3.05) is 5.32 Å². The fourth-order valence-electron chi connectivity index (χ4n) is 1.12. The maximum atomic E-state index is 11.5. The van der Waals surface area contributed by atoms with E-state index in [4.69, 9.17) is 5.73 Å². The lowest BCUT2D eigenvalue weighted by molar-refractivity contribution is -0.117. The number of nitrogens with two attached hydrogens (primary N) is 1. The number of amides is 1. The second kappa shape index (κ2) is 4.35. The fourth-order valence-corrected chi connectivity index (χ4v) is 1.12. The summed E-state index contributed by atoms with van der Waals surface area (Å²) in [7, 11) is 0. The number of aryl methyl sites for hydroxylation is 1. The van der Waals surface area contributed by atoms with E-state index in [0.29, 0.717) is 5.69 Å². The van der Waals surface area contributed by atoms with Crippen LogP contribution in [-0.4, -0.2) is 21.4 Å². The average Bonchev–Trinajstić information content (AvgIpc) is 2.05. The molecule has 0 unspecified atom stereocenters. The smallest absolute Gasteiger partial charge is 0.226 e. The van der Waals surface area contributed by atoms with E-state index in [1.807, 2.05) is 6.92 Å². The van der Waals surface area contributed by atoms with Gasteiger partial charge in [0, 0.05) is 12.0 Å². The third-order valence-corrected chi connectivity index (χ3v) is 1.80. The first-order valence-corrected chi connectivity index (χ1v) is 4.74. The van der Waals surface area contributed by atoms with Crippen LogP contribution in [0.3, 0.4) is 0 Å². The Balaban J connectivity index is 2.64. The van der Waals surface area contributed by atoms with Gasteiger partial charge in [0.2, 0.25) is 5.91 Å². The van der Waals surface area contributed by atoms with Crippen LogP contribution in [0, 0.1) is 6.92 Å². The standard InChI is InChI=1S/C10H16N4O/c1-7-8(5-12-6-13-7)14-9(15)4-10(2,3)11/h5-6H,4,11H2,1-3H3,(H,14,15). The van der Waals surface area contributed by atoms with Crippen molar-refractivity contribution in [2.24, 2.45) is 5.73 Å². The Morgan fingerprint density at radius 1 is 1.60 bits per heavy atom. The van der Waals surface area contributed by atoms with Crippen LogP contribution < -0.4 is 11.1 Å². The lowest BCUT2D eigenvalue weighted by atomic mass is 10.0. The van der Waals surface area contributed by atoms with Crippen molar-refractivity contribution in [3.63, 3.8) is 0 Å². The van der Waals surface area contributed by atoms with Gasteiger partial charge in [-0.25, -0.2) is 9.97 Å². The molecule has 3 N–H and O–H groups in total. The van der Waals surface area contributed by atoms with Crippen LogP contribution in [0.2, 0.25) is 0 Å². The van der Waals surface area contributed by atoms with Crippen molar-refractivity contribution >= 4 is 11.6 Å². The third-order valence-electron chi connectivity index (χ3n) is 1.80. The topological polar surface area (TPSA) is 80.9 Å². The van der Waals surface area contributed by atoms with Gasteiger partial charge in [-0.05, 0) is 20.8 Å². The van der Waals surface area contributed by atoms with Crippen LogP contribution in [0.4, 0.5) is 5.69 Å². The molecule has 0 bridgehead atoms. The number of carbonyl (C=O) groups is 1. The minimum atomic E-state index is -0.506. The van der Waals surface area contributed by atoms with Crippen molar-refractivity contribution in [3.8, 4) is 0 Å². The first kappa shape index (κ1) is 11.6. The molecule has 0 spiro atoms.